The van der Waals surface area contributed by atoms with E-state index in [0.29, 0.717) is 12.1 Å². The molecule has 0 atom stereocenters. The van der Waals surface area contributed by atoms with Gasteiger partial charge in [0.15, 0.2) is 0 Å². The molecule has 0 aromatic heterocycles. The zero-order valence-electron chi connectivity index (χ0n) is 9.06. The molecule has 16 heavy (non-hydrogen) atoms. The largest absolute Gasteiger partial charge is 0.488 e. The number of hydrogen-bond acceptors (Lipinski definition) is 3. The Morgan fingerprint density at radius 3 is 2.50 bits per heavy atom. The highest BCUT2D eigenvalue weighted by Crippen LogP contribution is 2.14. The van der Waals surface area contributed by atoms with Gasteiger partial charge in [-0.1, -0.05) is 12.1 Å². The lowest BCUT2D eigenvalue weighted by molar-refractivity contribution is 0.325. The fraction of sp³-hybridized carbons (Fsp3) is 0.455. The van der Waals surface area contributed by atoms with E-state index in [0.717, 1.165) is 13.1 Å². The third-order valence-electron chi connectivity index (χ3n) is 2.97. The Kier molecular flexibility index (Phi) is 3.58. The van der Waals surface area contributed by atoms with Crippen molar-refractivity contribution in [2.75, 3.05) is 13.1 Å². The summed E-state index contributed by atoms with van der Waals surface area (Å²) in [5, 5.41) is 17.8. The molecule has 0 radical (unpaired) electrons. The van der Waals surface area contributed by atoms with Gasteiger partial charge in [-0.05, 0) is 37.5 Å². The Morgan fingerprint density at radius 1 is 1.25 bits per heavy atom. The van der Waals surface area contributed by atoms with Crippen molar-refractivity contribution in [3.63, 3.8) is 0 Å². The lowest BCUT2D eigenvalue weighted by Gasteiger charge is -2.15. The van der Waals surface area contributed by atoms with Crippen molar-refractivity contribution in [1.82, 2.24) is 4.90 Å². The van der Waals surface area contributed by atoms with E-state index in [1.165, 1.54) is 18.9 Å². The average molecular weight is 223 g/mol. The van der Waals surface area contributed by atoms with Gasteiger partial charge in [-0.15, -0.1) is 0 Å². The Labute approximate surface area is 94.7 Å². The fourth-order valence-electron chi connectivity index (χ4n) is 2.03. The van der Waals surface area contributed by atoms with Crippen LogP contribution in [-0.4, -0.2) is 35.2 Å². The molecule has 0 spiro atoms. The molecule has 0 amide bonds. The second-order valence-corrected chi connectivity index (χ2v) is 4.21. The minimum absolute atomic E-state index is 0.197. The summed E-state index contributed by atoms with van der Waals surface area (Å²) in [5.74, 6) is -0.363. The van der Waals surface area contributed by atoms with Gasteiger partial charge in [0, 0.05) is 12.1 Å². The first-order chi connectivity index (χ1) is 7.66. The van der Waals surface area contributed by atoms with Crippen LogP contribution in [0.4, 0.5) is 4.39 Å². The van der Waals surface area contributed by atoms with Gasteiger partial charge in [-0.2, -0.15) is 0 Å². The maximum Gasteiger partial charge on any atom is 0.488 e. The lowest BCUT2D eigenvalue weighted by Crippen LogP contribution is -2.30. The van der Waals surface area contributed by atoms with Gasteiger partial charge >= 0.3 is 7.12 Å². The molecule has 5 heteroatoms. The number of benzene rings is 1. The molecular weight excluding hydrogens is 208 g/mol. The van der Waals surface area contributed by atoms with E-state index in [9.17, 15) is 4.39 Å². The topological polar surface area (TPSA) is 43.7 Å². The number of halogens is 1. The van der Waals surface area contributed by atoms with Crippen LogP contribution in [0.25, 0.3) is 0 Å². The number of likely N-dealkylation sites (tertiary alicyclic amines) is 1. The van der Waals surface area contributed by atoms with Crippen LogP contribution in [0.3, 0.4) is 0 Å². The first kappa shape index (κ1) is 11.6. The molecular formula is C11H15BFNO2. The zero-order valence-corrected chi connectivity index (χ0v) is 9.06. The molecule has 1 aliphatic rings. The number of hydrogen-bond donors (Lipinski definition) is 2. The molecule has 0 saturated carbocycles. The van der Waals surface area contributed by atoms with Crippen molar-refractivity contribution in [2.45, 2.75) is 19.4 Å². The molecule has 1 saturated heterocycles. The van der Waals surface area contributed by atoms with E-state index in [1.807, 2.05) is 0 Å². The summed E-state index contributed by atoms with van der Waals surface area (Å²) in [6.07, 6.45) is 2.35. The van der Waals surface area contributed by atoms with Gasteiger partial charge in [-0.25, -0.2) is 4.39 Å². The minimum atomic E-state index is -1.60. The molecule has 2 rings (SSSR count). The molecule has 1 aliphatic heterocycles. The SMILES string of the molecule is OB(O)c1ccc(CN2CCCC2)c(F)c1. The Bertz CT molecular complexity index is 367. The van der Waals surface area contributed by atoms with Crippen LogP contribution >= 0.6 is 0 Å². The molecule has 1 fully saturated rings. The van der Waals surface area contributed by atoms with Gasteiger partial charge in [-0.3, -0.25) is 4.90 Å². The summed E-state index contributed by atoms with van der Waals surface area (Å²) in [6.45, 7) is 2.64. The highest BCUT2D eigenvalue weighted by Gasteiger charge is 2.16. The molecule has 1 aromatic carbocycles. The van der Waals surface area contributed by atoms with Crippen molar-refractivity contribution in [2.24, 2.45) is 0 Å². The van der Waals surface area contributed by atoms with Crippen LogP contribution in [0, 0.1) is 5.82 Å². The van der Waals surface area contributed by atoms with E-state index >= 15 is 0 Å². The molecule has 3 nitrogen and oxygen atoms in total. The summed E-state index contributed by atoms with van der Waals surface area (Å²) in [4.78, 5) is 2.20. The van der Waals surface area contributed by atoms with Crippen molar-refractivity contribution in [3.8, 4) is 0 Å². The summed E-state index contributed by atoms with van der Waals surface area (Å²) in [5.41, 5.74) is 0.814. The van der Waals surface area contributed by atoms with Crippen molar-refractivity contribution < 1.29 is 14.4 Å². The standard InChI is InChI=1S/C11H15BFNO2/c13-11-7-10(12(15)16)4-3-9(11)8-14-5-1-2-6-14/h3-4,7,15-16H,1-2,5-6,8H2. The van der Waals surface area contributed by atoms with Crippen molar-refractivity contribution in [1.29, 1.82) is 0 Å². The number of rotatable bonds is 3. The summed E-state index contributed by atoms with van der Waals surface area (Å²) in [7, 11) is -1.60. The van der Waals surface area contributed by atoms with E-state index in [1.54, 1.807) is 12.1 Å². The minimum Gasteiger partial charge on any atom is -0.423 e. The molecule has 0 bridgehead atoms. The van der Waals surface area contributed by atoms with Crippen LogP contribution in [0.2, 0.25) is 0 Å². The van der Waals surface area contributed by atoms with E-state index in [2.05, 4.69) is 4.90 Å². The van der Waals surface area contributed by atoms with Crippen LogP contribution in [0.5, 0.6) is 0 Å². The maximum absolute atomic E-state index is 13.6. The molecule has 1 aromatic rings. The van der Waals surface area contributed by atoms with Crippen LogP contribution in [-0.2, 0) is 6.54 Å². The van der Waals surface area contributed by atoms with E-state index < -0.39 is 7.12 Å². The molecule has 0 unspecified atom stereocenters. The predicted octanol–water partition coefficient (Wildman–Crippen LogP) is 0.101. The van der Waals surface area contributed by atoms with Crippen LogP contribution < -0.4 is 5.46 Å². The van der Waals surface area contributed by atoms with E-state index in [-0.39, 0.29) is 11.3 Å². The fourth-order valence-corrected chi connectivity index (χ4v) is 2.03. The zero-order chi connectivity index (χ0) is 11.5. The Balaban J connectivity index is 2.09. The van der Waals surface area contributed by atoms with Crippen molar-refractivity contribution in [3.05, 3.63) is 29.6 Å². The van der Waals surface area contributed by atoms with Gasteiger partial charge in [0.25, 0.3) is 0 Å². The first-order valence-corrected chi connectivity index (χ1v) is 5.53. The third kappa shape index (κ3) is 2.61. The normalized spacial score (nSPS) is 16.7. The molecule has 86 valence electrons. The maximum atomic E-state index is 13.6. The van der Waals surface area contributed by atoms with Crippen molar-refractivity contribution >= 4 is 12.6 Å². The monoisotopic (exact) mass is 223 g/mol. The Morgan fingerprint density at radius 2 is 1.94 bits per heavy atom. The van der Waals surface area contributed by atoms with Gasteiger partial charge in [0.05, 0.1) is 0 Å². The summed E-state index contributed by atoms with van der Waals surface area (Å²) >= 11 is 0. The van der Waals surface area contributed by atoms with E-state index in [4.69, 9.17) is 10.0 Å². The Hall–Kier alpha value is -0.905. The lowest BCUT2D eigenvalue weighted by atomic mass is 9.80. The van der Waals surface area contributed by atoms with Crippen LogP contribution in [0.1, 0.15) is 18.4 Å². The van der Waals surface area contributed by atoms with Gasteiger partial charge in [0.2, 0.25) is 0 Å². The molecule has 1 heterocycles. The quantitative estimate of drug-likeness (QED) is 0.714. The highest BCUT2D eigenvalue weighted by atomic mass is 19.1. The summed E-state index contributed by atoms with van der Waals surface area (Å²) in [6, 6.07) is 4.37. The van der Waals surface area contributed by atoms with Gasteiger partial charge < -0.3 is 10.0 Å². The third-order valence-corrected chi connectivity index (χ3v) is 2.97. The smallest absolute Gasteiger partial charge is 0.423 e. The molecule has 0 aliphatic carbocycles. The van der Waals surface area contributed by atoms with Gasteiger partial charge in [0.1, 0.15) is 5.82 Å². The average Bonchev–Trinajstić information content (AvgIpc) is 2.73. The summed E-state index contributed by atoms with van der Waals surface area (Å²) < 4.78 is 13.6. The number of nitrogens with zero attached hydrogens (tertiary/aromatic N) is 1. The van der Waals surface area contributed by atoms with Crippen LogP contribution in [0.15, 0.2) is 18.2 Å². The second-order valence-electron chi connectivity index (χ2n) is 4.21. The second kappa shape index (κ2) is 4.95. The highest BCUT2D eigenvalue weighted by molar-refractivity contribution is 6.58. The first-order valence-electron chi connectivity index (χ1n) is 5.53. The molecule has 2 N–H and O–H groups in total. The predicted molar refractivity (Wildman–Crippen MR) is 60.7 cm³/mol.